The van der Waals surface area contributed by atoms with Gasteiger partial charge in [0, 0.05) is 35.4 Å². The number of anilines is 2. The topological polar surface area (TPSA) is 112 Å². The third-order valence-electron chi connectivity index (χ3n) is 6.16. The summed E-state index contributed by atoms with van der Waals surface area (Å²) in [4.78, 5) is 30.8. The molecule has 0 radical (unpaired) electrons. The summed E-state index contributed by atoms with van der Waals surface area (Å²) in [6.07, 6.45) is 5.47. The van der Waals surface area contributed by atoms with Gasteiger partial charge in [0.15, 0.2) is 11.5 Å². The highest BCUT2D eigenvalue weighted by atomic mass is 16.1. The van der Waals surface area contributed by atoms with Gasteiger partial charge in [0.2, 0.25) is 5.91 Å². The Kier molecular flexibility index (Phi) is 5.54. The van der Waals surface area contributed by atoms with Crippen LogP contribution in [0.4, 0.5) is 11.5 Å². The Morgan fingerprint density at radius 1 is 0.919 bits per heavy atom. The SMILES string of the molecule is Cc1cnc2c(c1)nc(-c1cccnc1N)n2-c1ccc(CC(=O)Nc2ccc3ncccc3c2)cc1. The third kappa shape index (κ3) is 4.36. The van der Waals surface area contributed by atoms with E-state index in [1.807, 2.05) is 90.5 Å². The van der Waals surface area contributed by atoms with Crippen molar-refractivity contribution in [3.05, 3.63) is 103 Å². The van der Waals surface area contributed by atoms with E-state index in [1.54, 1.807) is 12.4 Å². The number of imidazole rings is 1. The number of pyridine rings is 3. The molecule has 4 heterocycles. The molecule has 0 saturated heterocycles. The molecule has 1 amide bonds. The Morgan fingerprint density at radius 2 is 1.73 bits per heavy atom. The molecule has 6 rings (SSSR count). The summed E-state index contributed by atoms with van der Waals surface area (Å²) in [7, 11) is 0. The highest BCUT2D eigenvalue weighted by Crippen LogP contribution is 2.30. The van der Waals surface area contributed by atoms with E-state index in [0.717, 1.165) is 50.1 Å². The Morgan fingerprint density at radius 3 is 2.57 bits per heavy atom. The summed E-state index contributed by atoms with van der Waals surface area (Å²) in [6, 6.07) is 23.1. The molecule has 4 aromatic heterocycles. The molecule has 0 aliphatic rings. The fourth-order valence-corrected chi connectivity index (χ4v) is 4.40. The number of aryl methyl sites for hydroxylation is 1. The molecule has 37 heavy (non-hydrogen) atoms. The first-order chi connectivity index (χ1) is 18.0. The van der Waals surface area contributed by atoms with Gasteiger partial charge in [0.05, 0.1) is 17.5 Å². The van der Waals surface area contributed by atoms with E-state index < -0.39 is 0 Å². The van der Waals surface area contributed by atoms with Crippen LogP contribution in [0.2, 0.25) is 0 Å². The number of benzene rings is 2. The second-order valence-corrected chi connectivity index (χ2v) is 8.86. The zero-order chi connectivity index (χ0) is 25.4. The average molecular weight is 486 g/mol. The number of nitrogens with two attached hydrogens (primary N) is 1. The van der Waals surface area contributed by atoms with Crippen molar-refractivity contribution in [1.82, 2.24) is 24.5 Å². The van der Waals surface area contributed by atoms with Gasteiger partial charge in [-0.05, 0) is 72.6 Å². The Labute approximate surface area is 212 Å². The monoisotopic (exact) mass is 485 g/mol. The summed E-state index contributed by atoms with van der Waals surface area (Å²) in [5.74, 6) is 0.966. The van der Waals surface area contributed by atoms with Crippen LogP contribution < -0.4 is 11.1 Å². The number of rotatable bonds is 5. The van der Waals surface area contributed by atoms with Crippen LogP contribution in [0.3, 0.4) is 0 Å². The minimum Gasteiger partial charge on any atom is -0.383 e. The van der Waals surface area contributed by atoms with Gasteiger partial charge in [-0.1, -0.05) is 18.2 Å². The van der Waals surface area contributed by atoms with Crippen LogP contribution in [0.5, 0.6) is 0 Å². The van der Waals surface area contributed by atoms with Crippen LogP contribution in [0.15, 0.2) is 91.4 Å². The van der Waals surface area contributed by atoms with Crippen molar-refractivity contribution in [2.45, 2.75) is 13.3 Å². The molecule has 0 aliphatic heterocycles. The molecule has 8 nitrogen and oxygen atoms in total. The van der Waals surface area contributed by atoms with Gasteiger partial charge in [-0.2, -0.15) is 0 Å². The molecule has 2 aromatic carbocycles. The van der Waals surface area contributed by atoms with Crippen LogP contribution >= 0.6 is 0 Å². The molecular weight excluding hydrogens is 462 g/mol. The number of fused-ring (bicyclic) bond motifs is 2. The number of nitrogens with one attached hydrogen (secondary N) is 1. The van der Waals surface area contributed by atoms with Crippen molar-refractivity contribution in [2.75, 3.05) is 11.1 Å². The summed E-state index contributed by atoms with van der Waals surface area (Å²) in [6.45, 7) is 1.98. The Hall–Kier alpha value is -5.11. The van der Waals surface area contributed by atoms with Crippen LogP contribution in [-0.4, -0.2) is 30.4 Å². The lowest BCUT2D eigenvalue weighted by molar-refractivity contribution is -0.115. The number of hydrogen-bond acceptors (Lipinski definition) is 6. The molecule has 0 atom stereocenters. The molecule has 0 fully saturated rings. The maximum absolute atomic E-state index is 12.7. The zero-order valence-corrected chi connectivity index (χ0v) is 20.1. The molecule has 180 valence electrons. The molecule has 0 unspecified atom stereocenters. The van der Waals surface area contributed by atoms with Gasteiger partial charge in [0.25, 0.3) is 0 Å². The first kappa shape index (κ1) is 22.4. The van der Waals surface area contributed by atoms with Crippen molar-refractivity contribution in [3.63, 3.8) is 0 Å². The fourth-order valence-electron chi connectivity index (χ4n) is 4.40. The number of hydrogen-bond donors (Lipinski definition) is 2. The maximum Gasteiger partial charge on any atom is 0.228 e. The molecule has 8 heteroatoms. The maximum atomic E-state index is 12.7. The lowest BCUT2D eigenvalue weighted by atomic mass is 10.1. The van der Waals surface area contributed by atoms with E-state index in [2.05, 4.69) is 20.3 Å². The second kappa shape index (κ2) is 9.16. The molecule has 0 bridgehead atoms. The van der Waals surface area contributed by atoms with E-state index >= 15 is 0 Å². The van der Waals surface area contributed by atoms with Crippen molar-refractivity contribution in [2.24, 2.45) is 0 Å². The number of amides is 1. The first-order valence-electron chi connectivity index (χ1n) is 11.8. The average Bonchev–Trinajstić information content (AvgIpc) is 3.27. The lowest BCUT2D eigenvalue weighted by Gasteiger charge is -2.11. The third-order valence-corrected chi connectivity index (χ3v) is 6.16. The van der Waals surface area contributed by atoms with Crippen LogP contribution in [0.25, 0.3) is 39.1 Å². The van der Waals surface area contributed by atoms with Gasteiger partial charge >= 0.3 is 0 Å². The van der Waals surface area contributed by atoms with Crippen molar-refractivity contribution >= 4 is 39.5 Å². The van der Waals surface area contributed by atoms with Crippen molar-refractivity contribution < 1.29 is 4.79 Å². The van der Waals surface area contributed by atoms with E-state index in [4.69, 9.17) is 10.7 Å². The molecule has 0 spiro atoms. The molecule has 0 aliphatic carbocycles. The number of aromatic nitrogens is 5. The number of nitrogen functional groups attached to an aromatic ring is 1. The van der Waals surface area contributed by atoms with Crippen LogP contribution in [0, 0.1) is 6.92 Å². The smallest absolute Gasteiger partial charge is 0.228 e. The second-order valence-electron chi connectivity index (χ2n) is 8.86. The predicted octanol–water partition coefficient (Wildman–Crippen LogP) is 5.10. The van der Waals surface area contributed by atoms with E-state index in [9.17, 15) is 4.79 Å². The fraction of sp³-hybridized carbons (Fsp3) is 0.0690. The highest BCUT2D eigenvalue weighted by molar-refractivity contribution is 5.94. The van der Waals surface area contributed by atoms with Gasteiger partial charge in [-0.25, -0.2) is 15.0 Å². The summed E-state index contributed by atoms with van der Waals surface area (Å²) < 4.78 is 1.97. The van der Waals surface area contributed by atoms with Gasteiger partial charge in [-0.3, -0.25) is 14.3 Å². The van der Waals surface area contributed by atoms with Gasteiger partial charge < -0.3 is 11.1 Å². The van der Waals surface area contributed by atoms with Crippen LogP contribution in [0.1, 0.15) is 11.1 Å². The molecule has 6 aromatic rings. The normalized spacial score (nSPS) is 11.2. The Balaban J connectivity index is 1.29. The first-order valence-corrected chi connectivity index (χ1v) is 11.8. The molecule has 3 N–H and O–H groups in total. The van der Waals surface area contributed by atoms with Gasteiger partial charge in [-0.15, -0.1) is 0 Å². The van der Waals surface area contributed by atoms with Crippen LogP contribution in [-0.2, 0) is 11.2 Å². The van der Waals surface area contributed by atoms with E-state index in [1.165, 1.54) is 0 Å². The molecule has 0 saturated carbocycles. The minimum absolute atomic E-state index is 0.0926. The number of carbonyl (C=O) groups excluding carboxylic acids is 1. The highest BCUT2D eigenvalue weighted by Gasteiger charge is 2.18. The summed E-state index contributed by atoms with van der Waals surface area (Å²) in [5, 5.41) is 3.96. The lowest BCUT2D eigenvalue weighted by Crippen LogP contribution is -2.14. The predicted molar refractivity (Wildman–Crippen MR) is 145 cm³/mol. The quantitative estimate of drug-likeness (QED) is 0.351. The summed E-state index contributed by atoms with van der Waals surface area (Å²) in [5.41, 5.74) is 12.8. The largest absolute Gasteiger partial charge is 0.383 e. The van der Waals surface area contributed by atoms with E-state index in [0.29, 0.717) is 11.6 Å². The standard InChI is InChI=1S/C29H23N7O/c1-18-14-25-29(33-17-18)36(28(35-25)23-5-3-13-32-27(23)30)22-9-6-19(7-10-22)15-26(37)34-21-8-11-24-20(16-21)4-2-12-31-24/h2-14,16-17H,15H2,1H3,(H2,30,32)(H,34,37). The summed E-state index contributed by atoms with van der Waals surface area (Å²) >= 11 is 0. The molecular formula is C29H23N7O. The minimum atomic E-state index is -0.0926. The number of carbonyl (C=O) groups is 1. The zero-order valence-electron chi connectivity index (χ0n) is 20.1. The van der Waals surface area contributed by atoms with Crippen molar-refractivity contribution in [1.29, 1.82) is 0 Å². The number of nitrogens with zero attached hydrogens (tertiary/aromatic N) is 5. The Bertz CT molecular complexity index is 1770. The van der Waals surface area contributed by atoms with E-state index in [-0.39, 0.29) is 12.3 Å². The van der Waals surface area contributed by atoms with Gasteiger partial charge in [0.1, 0.15) is 11.3 Å². The van der Waals surface area contributed by atoms with Crippen molar-refractivity contribution in [3.8, 4) is 17.1 Å².